The number of carbonyl (C=O) groups is 1. The number of fused-ring (bicyclic) bond motifs is 1. The molecule has 4 rings (SSSR count). The first kappa shape index (κ1) is 18.6. The minimum absolute atomic E-state index is 0. The van der Waals surface area contributed by atoms with Crippen LogP contribution in [0.4, 0.5) is 5.95 Å². The number of aromatic nitrogens is 2. The Labute approximate surface area is 159 Å². The zero-order valence-electron chi connectivity index (χ0n) is 14.4. The maximum Gasteiger partial charge on any atom is 0.251 e. The fraction of sp³-hybridized carbons (Fsp3) is 0.227. The van der Waals surface area contributed by atoms with Crippen molar-refractivity contribution in [2.75, 3.05) is 5.73 Å². The summed E-state index contributed by atoms with van der Waals surface area (Å²) in [6.07, 6.45) is 4.77. The van der Waals surface area contributed by atoms with Gasteiger partial charge in [0.2, 0.25) is 5.95 Å². The van der Waals surface area contributed by atoms with Crippen LogP contribution in [0.1, 0.15) is 47.8 Å². The number of aryl methyl sites for hydroxylation is 1. The molecule has 0 saturated carbocycles. The van der Waals surface area contributed by atoms with Gasteiger partial charge in [-0.05, 0) is 48.6 Å². The van der Waals surface area contributed by atoms with Crippen LogP contribution in [0.3, 0.4) is 0 Å². The Hall–Kier alpha value is -3.21. The van der Waals surface area contributed by atoms with Crippen molar-refractivity contribution in [3.8, 4) is 11.3 Å². The molecule has 27 heavy (non-hydrogen) atoms. The SMILES string of the molecule is C.Nc1nccc(-c2ccc(C(=O)N[C@H]3CCCc4ccccc43)cc2)n1. The van der Waals surface area contributed by atoms with Gasteiger partial charge in [-0.1, -0.05) is 43.8 Å². The van der Waals surface area contributed by atoms with Gasteiger partial charge in [0.1, 0.15) is 0 Å². The second-order valence-corrected chi connectivity index (χ2v) is 6.49. The number of nitrogens with zero attached hydrogens (tertiary/aromatic N) is 2. The first-order valence-electron chi connectivity index (χ1n) is 8.78. The minimum atomic E-state index is -0.0551. The third-order valence-electron chi connectivity index (χ3n) is 4.79. The van der Waals surface area contributed by atoms with Gasteiger partial charge in [-0.2, -0.15) is 0 Å². The Balaban J connectivity index is 0.00000210. The molecule has 0 radical (unpaired) electrons. The van der Waals surface area contributed by atoms with Crippen LogP contribution < -0.4 is 11.1 Å². The van der Waals surface area contributed by atoms with Crippen LogP contribution in [0.2, 0.25) is 0 Å². The van der Waals surface area contributed by atoms with Gasteiger partial charge in [0.05, 0.1) is 11.7 Å². The van der Waals surface area contributed by atoms with E-state index < -0.39 is 0 Å². The van der Waals surface area contributed by atoms with Crippen molar-refractivity contribution in [3.63, 3.8) is 0 Å². The topological polar surface area (TPSA) is 80.9 Å². The number of hydrogen-bond acceptors (Lipinski definition) is 4. The van der Waals surface area contributed by atoms with Crippen LogP contribution in [-0.2, 0) is 6.42 Å². The van der Waals surface area contributed by atoms with Gasteiger partial charge in [-0.15, -0.1) is 0 Å². The molecular weight excluding hydrogens is 336 g/mol. The molecule has 5 heteroatoms. The summed E-state index contributed by atoms with van der Waals surface area (Å²) in [4.78, 5) is 20.8. The molecule has 1 atom stereocenters. The average Bonchev–Trinajstić information content (AvgIpc) is 2.68. The standard InChI is InChI=1S/C21H20N4O.CH4/c22-21-23-13-12-18(25-21)15-8-10-16(11-9-15)20(26)24-19-7-3-5-14-4-1-2-6-17(14)19;/h1-2,4,6,8-13,19H,3,5,7H2,(H,24,26)(H2,22,23,25);1H4/t19-;/m0./s1. The molecule has 1 aromatic heterocycles. The third kappa shape index (κ3) is 3.97. The van der Waals surface area contributed by atoms with Gasteiger partial charge in [0.25, 0.3) is 5.91 Å². The molecule has 2 aromatic carbocycles. The highest BCUT2D eigenvalue weighted by molar-refractivity contribution is 5.95. The number of carbonyl (C=O) groups excluding carboxylic acids is 1. The lowest BCUT2D eigenvalue weighted by Crippen LogP contribution is -2.30. The first-order valence-corrected chi connectivity index (χ1v) is 8.78. The molecule has 0 saturated heterocycles. The highest BCUT2D eigenvalue weighted by Crippen LogP contribution is 2.29. The molecular formula is C22H24N4O. The zero-order chi connectivity index (χ0) is 17.9. The van der Waals surface area contributed by atoms with Gasteiger partial charge >= 0.3 is 0 Å². The number of rotatable bonds is 3. The molecule has 0 fully saturated rings. The molecule has 1 heterocycles. The van der Waals surface area contributed by atoms with Gasteiger partial charge in [-0.3, -0.25) is 4.79 Å². The maximum atomic E-state index is 12.7. The van der Waals surface area contributed by atoms with E-state index in [1.165, 1.54) is 11.1 Å². The van der Waals surface area contributed by atoms with Gasteiger partial charge < -0.3 is 11.1 Å². The van der Waals surface area contributed by atoms with Gasteiger partial charge in [-0.25, -0.2) is 9.97 Å². The van der Waals surface area contributed by atoms with Crippen molar-refractivity contribution in [2.45, 2.75) is 32.7 Å². The normalized spacial score (nSPS) is 15.3. The molecule has 3 aromatic rings. The number of nitrogen functional groups attached to an aromatic ring is 1. The molecule has 0 aliphatic heterocycles. The second kappa shape index (κ2) is 7.99. The summed E-state index contributed by atoms with van der Waals surface area (Å²) in [6.45, 7) is 0. The zero-order valence-corrected chi connectivity index (χ0v) is 14.4. The van der Waals surface area contributed by atoms with E-state index in [1.54, 1.807) is 12.3 Å². The highest BCUT2D eigenvalue weighted by Gasteiger charge is 2.21. The lowest BCUT2D eigenvalue weighted by atomic mass is 9.87. The van der Waals surface area contributed by atoms with Crippen LogP contribution in [0.15, 0.2) is 60.8 Å². The summed E-state index contributed by atoms with van der Waals surface area (Å²) in [6, 6.07) is 17.6. The average molecular weight is 360 g/mol. The number of nitrogens with one attached hydrogen (secondary N) is 1. The Bertz CT molecular complexity index is 937. The van der Waals surface area contributed by atoms with E-state index in [2.05, 4.69) is 33.5 Å². The third-order valence-corrected chi connectivity index (χ3v) is 4.79. The van der Waals surface area contributed by atoms with Crippen LogP contribution in [0, 0.1) is 0 Å². The monoisotopic (exact) mass is 360 g/mol. The maximum absolute atomic E-state index is 12.7. The van der Waals surface area contributed by atoms with Crippen LogP contribution in [0.5, 0.6) is 0 Å². The number of benzene rings is 2. The summed E-state index contributed by atoms with van der Waals surface area (Å²) in [7, 11) is 0. The summed E-state index contributed by atoms with van der Waals surface area (Å²) in [5.41, 5.74) is 10.5. The molecule has 3 N–H and O–H groups in total. The van der Waals surface area contributed by atoms with Crippen molar-refractivity contribution in [3.05, 3.63) is 77.5 Å². The largest absolute Gasteiger partial charge is 0.368 e. The molecule has 0 spiro atoms. The Kier molecular flexibility index (Phi) is 5.50. The Morgan fingerprint density at radius 2 is 1.85 bits per heavy atom. The molecule has 0 bridgehead atoms. The van der Waals surface area contributed by atoms with Crippen molar-refractivity contribution in [2.24, 2.45) is 0 Å². The van der Waals surface area contributed by atoms with Crippen LogP contribution in [-0.4, -0.2) is 15.9 Å². The summed E-state index contributed by atoms with van der Waals surface area (Å²) in [5.74, 6) is 0.181. The number of anilines is 1. The van der Waals surface area contributed by atoms with Gasteiger partial charge in [0, 0.05) is 17.3 Å². The van der Waals surface area contributed by atoms with E-state index in [0.29, 0.717) is 5.56 Å². The second-order valence-electron chi connectivity index (χ2n) is 6.49. The van der Waals surface area contributed by atoms with E-state index in [4.69, 9.17) is 5.73 Å². The lowest BCUT2D eigenvalue weighted by Gasteiger charge is -2.26. The van der Waals surface area contributed by atoms with Gasteiger partial charge in [0.15, 0.2) is 0 Å². The molecule has 0 unspecified atom stereocenters. The van der Waals surface area contributed by atoms with Crippen molar-refractivity contribution >= 4 is 11.9 Å². The predicted octanol–water partition coefficient (Wildman–Crippen LogP) is 4.17. The smallest absolute Gasteiger partial charge is 0.251 e. The number of amides is 1. The summed E-state index contributed by atoms with van der Waals surface area (Å²) in [5, 5.41) is 3.18. The van der Waals surface area contributed by atoms with E-state index in [0.717, 1.165) is 30.5 Å². The molecule has 1 aliphatic rings. The van der Waals surface area contributed by atoms with E-state index >= 15 is 0 Å². The lowest BCUT2D eigenvalue weighted by molar-refractivity contribution is 0.0933. The number of nitrogens with two attached hydrogens (primary N) is 1. The summed E-state index contributed by atoms with van der Waals surface area (Å²) < 4.78 is 0. The fourth-order valence-corrected chi connectivity index (χ4v) is 3.47. The molecule has 5 nitrogen and oxygen atoms in total. The van der Waals surface area contributed by atoms with Crippen LogP contribution in [0.25, 0.3) is 11.3 Å². The van der Waals surface area contributed by atoms with E-state index in [-0.39, 0.29) is 25.3 Å². The van der Waals surface area contributed by atoms with E-state index in [1.807, 2.05) is 30.3 Å². The molecule has 1 aliphatic carbocycles. The number of hydrogen-bond donors (Lipinski definition) is 2. The Morgan fingerprint density at radius 1 is 1.07 bits per heavy atom. The van der Waals surface area contributed by atoms with E-state index in [9.17, 15) is 4.79 Å². The Morgan fingerprint density at radius 3 is 2.63 bits per heavy atom. The summed E-state index contributed by atoms with van der Waals surface area (Å²) >= 11 is 0. The van der Waals surface area contributed by atoms with Crippen molar-refractivity contribution < 1.29 is 4.79 Å². The predicted molar refractivity (Wildman–Crippen MR) is 108 cm³/mol. The van der Waals surface area contributed by atoms with Crippen LogP contribution >= 0.6 is 0 Å². The van der Waals surface area contributed by atoms with Crippen molar-refractivity contribution in [1.29, 1.82) is 0 Å². The quantitative estimate of drug-likeness (QED) is 0.734. The first-order chi connectivity index (χ1) is 12.7. The molecule has 1 amide bonds. The minimum Gasteiger partial charge on any atom is -0.368 e. The molecule has 138 valence electrons. The van der Waals surface area contributed by atoms with Crippen molar-refractivity contribution in [1.82, 2.24) is 15.3 Å². The fourth-order valence-electron chi connectivity index (χ4n) is 3.47. The highest BCUT2D eigenvalue weighted by atomic mass is 16.1.